The Morgan fingerprint density at radius 3 is 2.50 bits per heavy atom. The predicted molar refractivity (Wildman–Crippen MR) is 58.5 cm³/mol. The van der Waals surface area contributed by atoms with Crippen molar-refractivity contribution in [3.63, 3.8) is 0 Å². The number of isocyanates is 1. The SMILES string of the molecule is CCC(N=C=O)(C(=O)OC)c1ccccc1. The van der Waals surface area contributed by atoms with Gasteiger partial charge in [-0.15, -0.1) is 0 Å². The van der Waals surface area contributed by atoms with Crippen LogP contribution in [0.1, 0.15) is 18.9 Å². The lowest BCUT2D eigenvalue weighted by molar-refractivity contribution is -0.147. The van der Waals surface area contributed by atoms with Crippen LogP contribution in [-0.4, -0.2) is 19.2 Å². The fraction of sp³-hybridized carbons (Fsp3) is 0.333. The molecule has 0 saturated heterocycles. The lowest BCUT2D eigenvalue weighted by Crippen LogP contribution is -2.34. The summed E-state index contributed by atoms with van der Waals surface area (Å²) in [5.74, 6) is -0.551. The summed E-state index contributed by atoms with van der Waals surface area (Å²) < 4.78 is 4.70. The summed E-state index contributed by atoms with van der Waals surface area (Å²) in [5, 5.41) is 0. The van der Waals surface area contributed by atoms with Crippen LogP contribution in [0.3, 0.4) is 0 Å². The first-order valence-corrected chi connectivity index (χ1v) is 4.94. The first-order chi connectivity index (χ1) is 7.71. The Bertz CT molecular complexity index is 410. The number of methoxy groups -OCH3 is 1. The van der Waals surface area contributed by atoms with Gasteiger partial charge >= 0.3 is 5.97 Å². The quantitative estimate of drug-likeness (QED) is 0.441. The van der Waals surface area contributed by atoms with Crippen molar-refractivity contribution < 1.29 is 14.3 Å². The van der Waals surface area contributed by atoms with E-state index in [9.17, 15) is 9.59 Å². The van der Waals surface area contributed by atoms with Gasteiger partial charge in [0.2, 0.25) is 6.08 Å². The largest absolute Gasteiger partial charge is 0.467 e. The number of hydrogen-bond acceptors (Lipinski definition) is 4. The second-order valence-corrected chi connectivity index (χ2v) is 3.27. The van der Waals surface area contributed by atoms with Gasteiger partial charge in [-0.05, 0) is 12.0 Å². The molecule has 1 atom stereocenters. The van der Waals surface area contributed by atoms with Crippen molar-refractivity contribution in [2.75, 3.05) is 7.11 Å². The average molecular weight is 219 g/mol. The second-order valence-electron chi connectivity index (χ2n) is 3.27. The van der Waals surface area contributed by atoms with Crippen LogP contribution in [0.25, 0.3) is 0 Å². The van der Waals surface area contributed by atoms with Crippen LogP contribution < -0.4 is 0 Å². The smallest absolute Gasteiger partial charge is 0.339 e. The van der Waals surface area contributed by atoms with Crippen molar-refractivity contribution in [2.45, 2.75) is 18.9 Å². The molecule has 0 heterocycles. The van der Waals surface area contributed by atoms with Crippen LogP contribution in [-0.2, 0) is 19.9 Å². The van der Waals surface area contributed by atoms with Crippen molar-refractivity contribution in [1.29, 1.82) is 0 Å². The normalized spacial score (nSPS) is 13.4. The van der Waals surface area contributed by atoms with Gasteiger partial charge in [-0.25, -0.2) is 9.59 Å². The standard InChI is InChI=1S/C12H13NO3/c1-3-12(13-9-14,11(15)16-2)10-7-5-4-6-8-10/h4-8H,3H2,1-2H3. The second kappa shape index (κ2) is 5.24. The van der Waals surface area contributed by atoms with E-state index in [4.69, 9.17) is 4.74 Å². The maximum absolute atomic E-state index is 11.8. The molecule has 0 amide bonds. The lowest BCUT2D eigenvalue weighted by atomic mass is 9.88. The summed E-state index contributed by atoms with van der Waals surface area (Å²) in [4.78, 5) is 25.9. The van der Waals surface area contributed by atoms with E-state index in [0.29, 0.717) is 12.0 Å². The Hall–Kier alpha value is -1.93. The van der Waals surface area contributed by atoms with Crippen molar-refractivity contribution in [1.82, 2.24) is 0 Å². The molecule has 16 heavy (non-hydrogen) atoms. The molecule has 1 unspecified atom stereocenters. The molecule has 0 fully saturated rings. The zero-order valence-electron chi connectivity index (χ0n) is 9.27. The van der Waals surface area contributed by atoms with E-state index in [1.54, 1.807) is 31.2 Å². The molecule has 0 aromatic heterocycles. The molecule has 0 radical (unpaired) electrons. The number of benzene rings is 1. The molecule has 1 rings (SSSR count). The van der Waals surface area contributed by atoms with Crippen LogP contribution in [0.15, 0.2) is 35.3 Å². The van der Waals surface area contributed by atoms with E-state index in [1.807, 2.05) is 6.07 Å². The summed E-state index contributed by atoms with van der Waals surface area (Å²) in [7, 11) is 1.27. The summed E-state index contributed by atoms with van der Waals surface area (Å²) in [6, 6.07) is 8.86. The molecule has 4 heteroatoms. The molecule has 0 N–H and O–H groups in total. The molecule has 0 aliphatic heterocycles. The van der Waals surface area contributed by atoms with Crippen LogP contribution in [0, 0.1) is 0 Å². The third-order valence-electron chi connectivity index (χ3n) is 2.52. The topological polar surface area (TPSA) is 55.7 Å². The highest BCUT2D eigenvalue weighted by molar-refractivity contribution is 5.83. The molecule has 0 spiro atoms. The maximum Gasteiger partial charge on any atom is 0.339 e. The summed E-state index contributed by atoms with van der Waals surface area (Å²) >= 11 is 0. The van der Waals surface area contributed by atoms with Gasteiger partial charge in [0.1, 0.15) is 0 Å². The number of nitrogens with zero attached hydrogens (tertiary/aromatic N) is 1. The lowest BCUT2D eigenvalue weighted by Gasteiger charge is -2.23. The van der Waals surface area contributed by atoms with Gasteiger partial charge < -0.3 is 4.74 Å². The number of rotatable bonds is 4. The third kappa shape index (κ3) is 2.02. The maximum atomic E-state index is 11.8. The van der Waals surface area contributed by atoms with Crippen LogP contribution in [0.4, 0.5) is 0 Å². The number of ether oxygens (including phenoxy) is 1. The van der Waals surface area contributed by atoms with Gasteiger partial charge in [0.25, 0.3) is 0 Å². The van der Waals surface area contributed by atoms with Crippen molar-refractivity contribution >= 4 is 12.0 Å². The van der Waals surface area contributed by atoms with E-state index < -0.39 is 11.5 Å². The number of hydrogen-bond donors (Lipinski definition) is 0. The molecule has 1 aromatic rings. The molecule has 1 aromatic carbocycles. The molecule has 0 aliphatic rings. The fourth-order valence-electron chi connectivity index (χ4n) is 1.62. The summed E-state index contributed by atoms with van der Waals surface area (Å²) in [6.45, 7) is 1.77. The van der Waals surface area contributed by atoms with Gasteiger partial charge in [-0.2, -0.15) is 4.99 Å². The van der Waals surface area contributed by atoms with Gasteiger partial charge in [0.05, 0.1) is 7.11 Å². The summed E-state index contributed by atoms with van der Waals surface area (Å²) in [6.07, 6.45) is 1.79. The zero-order chi connectivity index (χ0) is 12.0. The van der Waals surface area contributed by atoms with E-state index >= 15 is 0 Å². The Morgan fingerprint density at radius 1 is 1.44 bits per heavy atom. The van der Waals surface area contributed by atoms with Gasteiger partial charge in [0, 0.05) is 0 Å². The molecular formula is C12H13NO3. The van der Waals surface area contributed by atoms with Crippen molar-refractivity contribution in [3.05, 3.63) is 35.9 Å². The van der Waals surface area contributed by atoms with Crippen LogP contribution in [0.5, 0.6) is 0 Å². The predicted octanol–water partition coefficient (Wildman–Crippen LogP) is 1.80. The van der Waals surface area contributed by atoms with E-state index in [0.717, 1.165) is 0 Å². The van der Waals surface area contributed by atoms with E-state index in [2.05, 4.69) is 4.99 Å². The monoisotopic (exact) mass is 219 g/mol. The zero-order valence-corrected chi connectivity index (χ0v) is 9.27. The van der Waals surface area contributed by atoms with Crippen LogP contribution in [0.2, 0.25) is 0 Å². The summed E-state index contributed by atoms with van der Waals surface area (Å²) in [5.41, 5.74) is -0.634. The van der Waals surface area contributed by atoms with Crippen molar-refractivity contribution in [3.8, 4) is 0 Å². The highest BCUT2D eigenvalue weighted by atomic mass is 16.5. The molecular weight excluding hydrogens is 206 g/mol. The minimum Gasteiger partial charge on any atom is -0.467 e. The number of esters is 1. The average Bonchev–Trinajstić information content (AvgIpc) is 2.36. The number of carbonyl (C=O) groups excluding carboxylic acids is 2. The Balaban J connectivity index is 3.34. The third-order valence-corrected chi connectivity index (χ3v) is 2.52. The Kier molecular flexibility index (Phi) is 3.97. The minimum atomic E-state index is -1.27. The number of carbonyl (C=O) groups is 1. The van der Waals surface area contributed by atoms with Crippen molar-refractivity contribution in [2.24, 2.45) is 4.99 Å². The number of aliphatic imine (C=N–C) groups is 1. The molecule has 0 saturated carbocycles. The minimum absolute atomic E-state index is 0.346. The first-order valence-electron chi connectivity index (χ1n) is 4.94. The van der Waals surface area contributed by atoms with E-state index in [-0.39, 0.29) is 0 Å². The molecule has 0 aliphatic carbocycles. The highest BCUT2D eigenvalue weighted by Gasteiger charge is 2.39. The Labute approximate surface area is 94.0 Å². The van der Waals surface area contributed by atoms with Gasteiger partial charge in [-0.3, -0.25) is 0 Å². The Morgan fingerprint density at radius 2 is 2.06 bits per heavy atom. The molecule has 0 bridgehead atoms. The van der Waals surface area contributed by atoms with E-state index in [1.165, 1.54) is 13.2 Å². The highest BCUT2D eigenvalue weighted by Crippen LogP contribution is 2.30. The van der Waals surface area contributed by atoms with Crippen LogP contribution >= 0.6 is 0 Å². The fourth-order valence-corrected chi connectivity index (χ4v) is 1.62. The first kappa shape index (κ1) is 12.1. The molecule has 84 valence electrons. The molecule has 4 nitrogen and oxygen atoms in total. The van der Waals surface area contributed by atoms with Gasteiger partial charge in [0.15, 0.2) is 5.54 Å². The van der Waals surface area contributed by atoms with Gasteiger partial charge in [-0.1, -0.05) is 37.3 Å².